The molecule has 4 nitrogen and oxygen atoms in total. The molecule has 0 fully saturated rings. The summed E-state index contributed by atoms with van der Waals surface area (Å²) >= 11 is 0. The second-order valence-electron chi connectivity index (χ2n) is 2.63. The molecule has 4 N–H and O–H groups in total. The highest BCUT2D eigenvalue weighted by molar-refractivity contribution is 5.85. The summed E-state index contributed by atoms with van der Waals surface area (Å²) in [5.41, 5.74) is 12.4. The number of halogens is 1. The fourth-order valence-electron chi connectivity index (χ4n) is 0.889. The van der Waals surface area contributed by atoms with E-state index in [0.717, 1.165) is 11.1 Å². The number of benzene rings is 1. The van der Waals surface area contributed by atoms with E-state index in [1.807, 2.05) is 31.2 Å². The quantitative estimate of drug-likeness (QED) is 0.436. The molecule has 0 heterocycles. The molecule has 0 aliphatic carbocycles. The van der Waals surface area contributed by atoms with Gasteiger partial charge in [-0.3, -0.25) is 0 Å². The van der Waals surface area contributed by atoms with E-state index in [-0.39, 0.29) is 18.4 Å². The summed E-state index contributed by atoms with van der Waals surface area (Å²) < 4.78 is 0. The van der Waals surface area contributed by atoms with Crippen LogP contribution in [0.2, 0.25) is 0 Å². The molecule has 0 aliphatic rings. The van der Waals surface area contributed by atoms with E-state index >= 15 is 0 Å². The third kappa shape index (κ3) is 3.91. The van der Waals surface area contributed by atoms with Gasteiger partial charge in [0.2, 0.25) is 5.96 Å². The Hall–Kier alpha value is -1.55. The number of guanidine groups is 1. The molecule has 0 spiro atoms. The molecule has 0 atom stereocenters. The van der Waals surface area contributed by atoms with E-state index in [1.165, 1.54) is 0 Å². The van der Waals surface area contributed by atoms with Gasteiger partial charge in [0.25, 0.3) is 0 Å². The SMILES string of the molecule is Cc1ccccc1/C=N/N=C(N)N.Cl. The van der Waals surface area contributed by atoms with Crippen molar-refractivity contribution in [3.8, 4) is 0 Å². The van der Waals surface area contributed by atoms with Gasteiger partial charge in [0, 0.05) is 0 Å². The van der Waals surface area contributed by atoms with Crippen molar-refractivity contribution in [1.29, 1.82) is 0 Å². The van der Waals surface area contributed by atoms with E-state index < -0.39 is 0 Å². The number of hydrogen-bond acceptors (Lipinski definition) is 2. The van der Waals surface area contributed by atoms with Crippen LogP contribution in [0.4, 0.5) is 0 Å². The molecule has 1 aromatic rings. The molecule has 14 heavy (non-hydrogen) atoms. The lowest BCUT2D eigenvalue weighted by Crippen LogP contribution is -2.21. The fraction of sp³-hybridized carbons (Fsp3) is 0.111. The molecule has 5 heteroatoms. The molecule has 0 aromatic heterocycles. The van der Waals surface area contributed by atoms with Gasteiger partial charge in [0.15, 0.2) is 0 Å². The first-order valence-corrected chi connectivity index (χ1v) is 3.88. The number of aryl methyl sites for hydroxylation is 1. The molecule has 1 aromatic carbocycles. The Bertz CT molecular complexity index is 342. The highest BCUT2D eigenvalue weighted by atomic mass is 35.5. The normalized spacial score (nSPS) is 9.50. The van der Waals surface area contributed by atoms with Crippen LogP contribution in [0, 0.1) is 6.92 Å². The third-order valence-corrected chi connectivity index (χ3v) is 1.56. The zero-order valence-corrected chi connectivity index (χ0v) is 8.66. The molecule has 0 bridgehead atoms. The second-order valence-corrected chi connectivity index (χ2v) is 2.63. The Kier molecular flexibility index (Phi) is 5.33. The van der Waals surface area contributed by atoms with E-state index in [4.69, 9.17) is 11.5 Å². The summed E-state index contributed by atoms with van der Waals surface area (Å²) in [6.07, 6.45) is 1.62. The van der Waals surface area contributed by atoms with Crippen molar-refractivity contribution >= 4 is 24.6 Å². The Balaban J connectivity index is 0.00000169. The van der Waals surface area contributed by atoms with Crippen LogP contribution in [0.15, 0.2) is 34.5 Å². The van der Waals surface area contributed by atoms with E-state index in [2.05, 4.69) is 10.2 Å². The van der Waals surface area contributed by atoms with Gasteiger partial charge >= 0.3 is 0 Å². The summed E-state index contributed by atoms with van der Waals surface area (Å²) in [5, 5.41) is 7.22. The van der Waals surface area contributed by atoms with Crippen molar-refractivity contribution in [2.24, 2.45) is 21.7 Å². The third-order valence-electron chi connectivity index (χ3n) is 1.56. The van der Waals surface area contributed by atoms with Gasteiger partial charge in [0.1, 0.15) is 0 Å². The first-order valence-electron chi connectivity index (χ1n) is 3.88. The lowest BCUT2D eigenvalue weighted by atomic mass is 10.1. The van der Waals surface area contributed by atoms with Crippen molar-refractivity contribution < 1.29 is 0 Å². The van der Waals surface area contributed by atoms with Crippen LogP contribution in [-0.2, 0) is 0 Å². The molecule has 76 valence electrons. The maximum Gasteiger partial charge on any atom is 0.211 e. The topological polar surface area (TPSA) is 76.8 Å². The Morgan fingerprint density at radius 1 is 1.29 bits per heavy atom. The molecule has 0 amide bonds. The van der Waals surface area contributed by atoms with Crippen molar-refractivity contribution in [3.05, 3.63) is 35.4 Å². The Labute approximate surface area is 89.1 Å². The highest BCUT2D eigenvalue weighted by Gasteiger charge is 1.90. The van der Waals surface area contributed by atoms with Crippen LogP contribution in [0.25, 0.3) is 0 Å². The Morgan fingerprint density at radius 2 is 1.93 bits per heavy atom. The van der Waals surface area contributed by atoms with Crippen LogP contribution in [0.1, 0.15) is 11.1 Å². The average molecular weight is 213 g/mol. The van der Waals surface area contributed by atoms with E-state index in [9.17, 15) is 0 Å². The number of rotatable bonds is 2. The fourth-order valence-corrected chi connectivity index (χ4v) is 0.889. The van der Waals surface area contributed by atoms with Gasteiger partial charge < -0.3 is 11.5 Å². The summed E-state index contributed by atoms with van der Waals surface area (Å²) in [5.74, 6) is -0.0372. The van der Waals surface area contributed by atoms with Gasteiger partial charge in [-0.1, -0.05) is 24.3 Å². The molecule has 0 unspecified atom stereocenters. The largest absolute Gasteiger partial charge is 0.369 e. The van der Waals surface area contributed by atoms with Crippen LogP contribution in [0.3, 0.4) is 0 Å². The second kappa shape index (κ2) is 5.99. The zero-order valence-electron chi connectivity index (χ0n) is 7.84. The maximum atomic E-state index is 5.11. The van der Waals surface area contributed by atoms with Crippen LogP contribution < -0.4 is 11.5 Å². The van der Waals surface area contributed by atoms with Crippen molar-refractivity contribution in [1.82, 2.24) is 0 Å². The average Bonchev–Trinajstić information content (AvgIpc) is 2.08. The lowest BCUT2D eigenvalue weighted by molar-refractivity contribution is 1.21. The molecule has 0 saturated heterocycles. The predicted octanol–water partition coefficient (Wildman–Crippen LogP) is 1.02. The summed E-state index contributed by atoms with van der Waals surface area (Å²) in [6, 6.07) is 7.84. The van der Waals surface area contributed by atoms with Gasteiger partial charge in [-0.15, -0.1) is 17.5 Å². The molecule has 0 aliphatic heterocycles. The zero-order chi connectivity index (χ0) is 9.68. The van der Waals surface area contributed by atoms with E-state index in [1.54, 1.807) is 6.21 Å². The summed E-state index contributed by atoms with van der Waals surface area (Å²) in [6.45, 7) is 2.00. The van der Waals surface area contributed by atoms with Crippen LogP contribution in [-0.4, -0.2) is 12.2 Å². The minimum atomic E-state index is -0.0372. The predicted molar refractivity (Wildman–Crippen MR) is 61.8 cm³/mol. The Morgan fingerprint density at radius 3 is 2.50 bits per heavy atom. The molecule has 0 saturated carbocycles. The van der Waals surface area contributed by atoms with Crippen molar-refractivity contribution in [3.63, 3.8) is 0 Å². The van der Waals surface area contributed by atoms with Gasteiger partial charge in [-0.2, -0.15) is 5.10 Å². The standard InChI is InChI=1S/C9H12N4.ClH/c1-7-4-2-3-5-8(7)6-12-13-9(10)11;/h2-6H,1H3,(H4,10,11,13);1H/b12-6+;. The number of nitrogens with zero attached hydrogens (tertiary/aromatic N) is 2. The molecular formula is C9H13ClN4. The smallest absolute Gasteiger partial charge is 0.211 e. The van der Waals surface area contributed by atoms with Gasteiger partial charge in [-0.05, 0) is 18.1 Å². The molecular weight excluding hydrogens is 200 g/mol. The van der Waals surface area contributed by atoms with Crippen molar-refractivity contribution in [2.75, 3.05) is 0 Å². The van der Waals surface area contributed by atoms with Crippen LogP contribution >= 0.6 is 12.4 Å². The molecule has 0 radical (unpaired) electrons. The summed E-state index contributed by atoms with van der Waals surface area (Å²) in [4.78, 5) is 0. The lowest BCUT2D eigenvalue weighted by Gasteiger charge is -1.95. The monoisotopic (exact) mass is 212 g/mol. The summed E-state index contributed by atoms with van der Waals surface area (Å²) in [7, 11) is 0. The minimum Gasteiger partial charge on any atom is -0.369 e. The van der Waals surface area contributed by atoms with Crippen LogP contribution in [0.5, 0.6) is 0 Å². The van der Waals surface area contributed by atoms with Gasteiger partial charge in [-0.25, -0.2) is 0 Å². The highest BCUT2D eigenvalue weighted by Crippen LogP contribution is 2.03. The van der Waals surface area contributed by atoms with E-state index in [0.29, 0.717) is 0 Å². The van der Waals surface area contributed by atoms with Crippen molar-refractivity contribution in [2.45, 2.75) is 6.92 Å². The molecule has 1 rings (SSSR count). The maximum absolute atomic E-state index is 5.11. The minimum absolute atomic E-state index is 0. The van der Waals surface area contributed by atoms with Gasteiger partial charge in [0.05, 0.1) is 6.21 Å². The first-order chi connectivity index (χ1) is 6.20. The number of nitrogens with two attached hydrogens (primary N) is 2. The first kappa shape index (κ1) is 12.4. The number of hydrogen-bond donors (Lipinski definition) is 2.